The van der Waals surface area contributed by atoms with Crippen LogP contribution in [0.1, 0.15) is 0 Å². The molecule has 0 saturated carbocycles. The number of ether oxygens (including phenoxy) is 1. The molecule has 0 bridgehead atoms. The van der Waals surface area contributed by atoms with Gasteiger partial charge in [-0.05, 0) is 18.2 Å². The highest BCUT2D eigenvalue weighted by Gasteiger charge is 2.06. The van der Waals surface area contributed by atoms with E-state index in [1.54, 1.807) is 6.07 Å². The minimum atomic E-state index is -0.418. The summed E-state index contributed by atoms with van der Waals surface area (Å²) in [5.41, 5.74) is 5.73. The topological polar surface area (TPSA) is 52.3 Å². The van der Waals surface area contributed by atoms with Gasteiger partial charge >= 0.3 is 5.97 Å². The van der Waals surface area contributed by atoms with Crippen molar-refractivity contribution in [3.05, 3.63) is 24.0 Å². The normalized spacial score (nSPS) is 9.86. The number of hydrogen-bond donors (Lipinski definition) is 1. The Bertz CT molecular complexity index is 344. The van der Waals surface area contributed by atoms with Gasteiger partial charge in [0.1, 0.15) is 5.82 Å². The quantitative estimate of drug-likeness (QED) is 0.473. The molecule has 0 aliphatic rings. The first-order valence-corrected chi connectivity index (χ1v) is 4.86. The van der Waals surface area contributed by atoms with E-state index in [-0.39, 0.29) is 11.7 Å². The van der Waals surface area contributed by atoms with Crippen molar-refractivity contribution in [2.75, 3.05) is 18.6 Å². The summed E-state index contributed by atoms with van der Waals surface area (Å²) in [6, 6.07) is 4.35. The van der Waals surface area contributed by atoms with E-state index in [1.165, 1.54) is 19.2 Å². The van der Waals surface area contributed by atoms with Crippen molar-refractivity contribution in [2.24, 2.45) is 0 Å². The number of halogens is 1. The van der Waals surface area contributed by atoms with Crippen molar-refractivity contribution < 1.29 is 13.9 Å². The van der Waals surface area contributed by atoms with E-state index in [2.05, 4.69) is 4.74 Å². The van der Waals surface area contributed by atoms with Crippen LogP contribution in [0.3, 0.4) is 0 Å². The summed E-state index contributed by atoms with van der Waals surface area (Å²) in [6.07, 6.45) is 0. The molecule has 0 aliphatic heterocycles. The average Bonchev–Trinajstić information content (AvgIpc) is 2.16. The van der Waals surface area contributed by atoms with Crippen molar-refractivity contribution in [2.45, 2.75) is 4.90 Å². The Labute approximate surface area is 85.4 Å². The summed E-state index contributed by atoms with van der Waals surface area (Å²) in [5, 5.41) is 0. The molecule has 0 heterocycles. The van der Waals surface area contributed by atoms with Gasteiger partial charge in [-0.2, -0.15) is 0 Å². The highest BCUT2D eigenvalue weighted by Crippen LogP contribution is 2.23. The molecular weight excluding hydrogens is 205 g/mol. The molecule has 0 aromatic heterocycles. The fourth-order valence-corrected chi connectivity index (χ4v) is 1.58. The van der Waals surface area contributed by atoms with Crippen LogP contribution in [0.5, 0.6) is 0 Å². The number of benzene rings is 1. The van der Waals surface area contributed by atoms with Gasteiger partial charge in [0.15, 0.2) is 0 Å². The third kappa shape index (κ3) is 2.92. The van der Waals surface area contributed by atoms with Gasteiger partial charge < -0.3 is 10.5 Å². The van der Waals surface area contributed by atoms with E-state index in [9.17, 15) is 9.18 Å². The van der Waals surface area contributed by atoms with Gasteiger partial charge in [0.05, 0.1) is 12.9 Å². The fraction of sp³-hybridized carbons (Fsp3) is 0.222. The van der Waals surface area contributed by atoms with Gasteiger partial charge in [0.2, 0.25) is 0 Å². The van der Waals surface area contributed by atoms with Crippen LogP contribution in [0.4, 0.5) is 10.1 Å². The molecular formula is C9H10FNO2S. The highest BCUT2D eigenvalue weighted by molar-refractivity contribution is 8.00. The summed E-state index contributed by atoms with van der Waals surface area (Å²) in [4.78, 5) is 11.2. The molecule has 0 radical (unpaired) electrons. The molecule has 3 nitrogen and oxygen atoms in total. The number of anilines is 1. The zero-order valence-electron chi connectivity index (χ0n) is 7.62. The average molecular weight is 215 g/mol. The fourth-order valence-electron chi connectivity index (χ4n) is 0.830. The summed E-state index contributed by atoms with van der Waals surface area (Å²) >= 11 is 1.08. The van der Waals surface area contributed by atoms with Crippen molar-refractivity contribution in [3.63, 3.8) is 0 Å². The Hall–Kier alpha value is -1.23. The smallest absolute Gasteiger partial charge is 0.315 e. The van der Waals surface area contributed by atoms with Gasteiger partial charge in [-0.3, -0.25) is 4.79 Å². The molecule has 0 saturated heterocycles. The molecule has 1 rings (SSSR count). The molecule has 0 atom stereocenters. The van der Waals surface area contributed by atoms with E-state index >= 15 is 0 Å². The van der Waals surface area contributed by atoms with Crippen molar-refractivity contribution in [1.29, 1.82) is 0 Å². The van der Waals surface area contributed by atoms with Gasteiger partial charge in [0, 0.05) is 10.6 Å². The van der Waals surface area contributed by atoms with E-state index < -0.39 is 5.82 Å². The van der Waals surface area contributed by atoms with Crippen molar-refractivity contribution in [3.8, 4) is 0 Å². The SMILES string of the molecule is COC(=O)CSc1ccc(N)cc1F. The Balaban J connectivity index is 2.63. The second-order valence-corrected chi connectivity index (χ2v) is 3.57. The van der Waals surface area contributed by atoms with E-state index in [0.29, 0.717) is 10.6 Å². The van der Waals surface area contributed by atoms with Gasteiger partial charge in [-0.1, -0.05) is 0 Å². The monoisotopic (exact) mass is 215 g/mol. The molecule has 0 fully saturated rings. The highest BCUT2D eigenvalue weighted by atomic mass is 32.2. The van der Waals surface area contributed by atoms with Crippen LogP contribution in [0.25, 0.3) is 0 Å². The van der Waals surface area contributed by atoms with E-state index in [1.807, 2.05) is 0 Å². The second kappa shape index (κ2) is 4.85. The molecule has 2 N–H and O–H groups in total. The maximum Gasteiger partial charge on any atom is 0.315 e. The maximum absolute atomic E-state index is 13.2. The molecule has 0 unspecified atom stereocenters. The van der Waals surface area contributed by atoms with Gasteiger partial charge in [-0.25, -0.2) is 4.39 Å². The molecule has 1 aromatic carbocycles. The lowest BCUT2D eigenvalue weighted by molar-refractivity contribution is -0.137. The molecule has 5 heteroatoms. The lowest BCUT2D eigenvalue weighted by atomic mass is 10.3. The van der Waals surface area contributed by atoms with Gasteiger partial charge in [-0.15, -0.1) is 11.8 Å². The first-order chi connectivity index (χ1) is 6.63. The van der Waals surface area contributed by atoms with Crippen LogP contribution in [0.15, 0.2) is 23.1 Å². The van der Waals surface area contributed by atoms with Crippen molar-refractivity contribution >= 4 is 23.4 Å². The Kier molecular flexibility index (Phi) is 3.76. The van der Waals surface area contributed by atoms with E-state index in [4.69, 9.17) is 5.73 Å². The van der Waals surface area contributed by atoms with Crippen LogP contribution in [-0.2, 0) is 9.53 Å². The number of rotatable bonds is 3. The molecule has 1 aromatic rings. The zero-order chi connectivity index (χ0) is 10.6. The minimum Gasteiger partial charge on any atom is -0.468 e. The molecule has 0 aliphatic carbocycles. The van der Waals surface area contributed by atoms with E-state index in [0.717, 1.165) is 11.8 Å². The molecule has 14 heavy (non-hydrogen) atoms. The third-order valence-electron chi connectivity index (χ3n) is 1.53. The number of methoxy groups -OCH3 is 1. The molecule has 0 spiro atoms. The first-order valence-electron chi connectivity index (χ1n) is 3.88. The maximum atomic E-state index is 13.2. The number of carbonyl (C=O) groups is 1. The first kappa shape index (κ1) is 10.8. The Morgan fingerprint density at radius 2 is 2.36 bits per heavy atom. The van der Waals surface area contributed by atoms with Crippen LogP contribution >= 0.6 is 11.8 Å². The summed E-state index contributed by atoms with van der Waals surface area (Å²) in [7, 11) is 1.29. The standard InChI is InChI=1S/C9H10FNO2S/c1-13-9(12)5-14-8-3-2-6(11)4-7(8)10/h2-4H,5,11H2,1H3. The zero-order valence-corrected chi connectivity index (χ0v) is 8.44. The number of carbonyl (C=O) groups excluding carboxylic acids is 1. The summed E-state index contributed by atoms with van der Waals surface area (Å²) < 4.78 is 17.6. The minimum absolute atomic E-state index is 0.0946. The predicted octanol–water partition coefficient (Wildman–Crippen LogP) is 1.67. The predicted molar refractivity (Wildman–Crippen MR) is 53.6 cm³/mol. The van der Waals surface area contributed by atoms with Crippen LogP contribution < -0.4 is 5.73 Å². The largest absolute Gasteiger partial charge is 0.468 e. The van der Waals surface area contributed by atoms with Crippen LogP contribution in [-0.4, -0.2) is 18.8 Å². The molecule has 0 amide bonds. The summed E-state index contributed by atoms with van der Waals surface area (Å²) in [5.74, 6) is -0.706. The van der Waals surface area contributed by atoms with Gasteiger partial charge in [0.25, 0.3) is 0 Å². The third-order valence-corrected chi connectivity index (χ3v) is 2.55. The number of hydrogen-bond acceptors (Lipinski definition) is 4. The Morgan fingerprint density at radius 1 is 1.64 bits per heavy atom. The number of esters is 1. The Morgan fingerprint density at radius 3 is 2.93 bits per heavy atom. The van der Waals surface area contributed by atoms with Crippen LogP contribution in [0, 0.1) is 5.82 Å². The number of nitrogens with two attached hydrogens (primary N) is 1. The van der Waals surface area contributed by atoms with Crippen LogP contribution in [0.2, 0.25) is 0 Å². The second-order valence-electron chi connectivity index (χ2n) is 2.55. The lowest BCUT2D eigenvalue weighted by Crippen LogP contribution is -2.03. The molecule has 76 valence electrons. The number of thioether (sulfide) groups is 1. The summed E-state index contributed by atoms with van der Waals surface area (Å²) in [6.45, 7) is 0. The lowest BCUT2D eigenvalue weighted by Gasteiger charge is -2.02. The number of nitrogen functional groups attached to an aromatic ring is 1. The van der Waals surface area contributed by atoms with Crippen molar-refractivity contribution in [1.82, 2.24) is 0 Å².